The highest BCUT2D eigenvalue weighted by atomic mass is 33.1. The third-order valence-corrected chi connectivity index (χ3v) is 9.94. The number of phosphoric acid groups is 1. The lowest BCUT2D eigenvalue weighted by atomic mass is 9.96. The number of hydrogen-bond acceptors (Lipinski definition) is 14. The van der Waals surface area contributed by atoms with Gasteiger partial charge in [0.1, 0.15) is 23.9 Å². The average molecular weight is 601 g/mol. The minimum Gasteiger partial charge on any atom is -0.383 e. The van der Waals surface area contributed by atoms with Gasteiger partial charge in [-0.3, -0.25) is 27.9 Å². The van der Waals surface area contributed by atoms with Gasteiger partial charge in [-0.1, -0.05) is 21.6 Å². The number of nitrogens with one attached hydrogen (secondary N) is 1. The summed E-state index contributed by atoms with van der Waals surface area (Å²) in [5, 5.41) is 11.2. The largest absolute Gasteiger partial charge is 0.475 e. The molecule has 0 aliphatic carbocycles. The number of H-pyrrole nitrogens is 1. The van der Waals surface area contributed by atoms with Gasteiger partial charge in [0, 0.05) is 30.9 Å². The highest BCUT2D eigenvalue weighted by Gasteiger charge is 2.60. The summed E-state index contributed by atoms with van der Waals surface area (Å²) in [5.41, 5.74) is -3.13. The van der Waals surface area contributed by atoms with Crippen LogP contribution in [-0.2, 0) is 41.8 Å². The van der Waals surface area contributed by atoms with Crippen molar-refractivity contribution < 1.29 is 46.9 Å². The van der Waals surface area contributed by atoms with Gasteiger partial charge >= 0.3 is 13.5 Å². The first kappa shape index (κ1) is 30.2. The summed E-state index contributed by atoms with van der Waals surface area (Å²) in [6.45, 7) is 3.79. The van der Waals surface area contributed by atoms with Crippen LogP contribution >= 0.6 is 29.4 Å². The van der Waals surface area contributed by atoms with Crippen LogP contribution < -0.4 is 11.2 Å². The van der Waals surface area contributed by atoms with Crippen molar-refractivity contribution in [3.63, 3.8) is 0 Å². The number of ether oxygens (including phenoxy) is 5. The molecule has 7 atom stereocenters. The van der Waals surface area contributed by atoms with Gasteiger partial charge in [-0.05, 0) is 6.92 Å². The van der Waals surface area contributed by atoms with Gasteiger partial charge in [-0.25, -0.2) is 9.36 Å². The third kappa shape index (κ3) is 7.50. The SMILES string of the molecule is COCCOCCOCCO[C@H]1CSSCC1OP1(=O)OCC2O[C@@H](n3ccc(=O)[nH]c3=O)[C@](C)(O)[C@@H]2O1. The maximum atomic E-state index is 13.5. The number of phosphoric ester groups is 1. The van der Waals surface area contributed by atoms with Gasteiger partial charge in [0.15, 0.2) is 6.23 Å². The van der Waals surface area contributed by atoms with E-state index in [0.29, 0.717) is 51.1 Å². The van der Waals surface area contributed by atoms with Crippen molar-refractivity contribution >= 4 is 29.4 Å². The molecule has 3 fully saturated rings. The van der Waals surface area contributed by atoms with E-state index in [1.807, 2.05) is 0 Å². The van der Waals surface area contributed by atoms with Gasteiger partial charge in [0.2, 0.25) is 0 Å². The van der Waals surface area contributed by atoms with Crippen LogP contribution in [0, 0.1) is 0 Å². The van der Waals surface area contributed by atoms with E-state index in [4.69, 9.17) is 37.3 Å². The third-order valence-electron chi connectivity index (χ3n) is 6.05. The quantitative estimate of drug-likeness (QED) is 0.183. The van der Waals surface area contributed by atoms with Crippen molar-refractivity contribution in [3.05, 3.63) is 33.1 Å². The molecule has 4 heterocycles. The fourth-order valence-corrected chi connectivity index (χ4v) is 8.34. The molecule has 38 heavy (non-hydrogen) atoms. The van der Waals surface area contributed by atoms with Crippen molar-refractivity contribution in [1.29, 1.82) is 0 Å². The molecule has 3 saturated heterocycles. The Morgan fingerprint density at radius 2 is 1.82 bits per heavy atom. The Hall–Kier alpha value is -0.750. The Bertz CT molecular complexity index is 1070. The van der Waals surface area contributed by atoms with E-state index in [2.05, 4.69) is 4.98 Å². The molecule has 1 aromatic rings. The zero-order valence-corrected chi connectivity index (χ0v) is 23.6. The van der Waals surface area contributed by atoms with Gasteiger partial charge in [0.05, 0.1) is 52.4 Å². The second-order valence-electron chi connectivity index (χ2n) is 8.88. The lowest BCUT2D eigenvalue weighted by molar-refractivity contribution is -0.0990. The lowest BCUT2D eigenvalue weighted by Crippen LogP contribution is -2.49. The van der Waals surface area contributed by atoms with Crippen LogP contribution in [0.25, 0.3) is 0 Å². The number of nitrogens with zero attached hydrogens (tertiary/aromatic N) is 1. The predicted octanol–water partition coefficient (Wildman–Crippen LogP) is 0.554. The first-order valence-corrected chi connectivity index (χ1v) is 16.0. The van der Waals surface area contributed by atoms with Crippen molar-refractivity contribution in [2.75, 3.05) is 64.9 Å². The summed E-state index contributed by atoms with van der Waals surface area (Å²) in [7, 11) is 0.657. The predicted molar refractivity (Wildman–Crippen MR) is 137 cm³/mol. The van der Waals surface area contributed by atoms with Crippen LogP contribution in [0.15, 0.2) is 21.9 Å². The molecular formula is C21H33N2O12PS2. The fraction of sp³-hybridized carbons (Fsp3) is 0.810. The van der Waals surface area contributed by atoms with Crippen LogP contribution in [0.1, 0.15) is 13.2 Å². The van der Waals surface area contributed by atoms with Crippen LogP contribution in [-0.4, -0.2) is 110 Å². The monoisotopic (exact) mass is 600 g/mol. The van der Waals surface area contributed by atoms with E-state index >= 15 is 0 Å². The molecular weight excluding hydrogens is 567 g/mol. The number of fused-ring (bicyclic) bond motifs is 1. The van der Waals surface area contributed by atoms with Gasteiger partial charge in [0.25, 0.3) is 5.56 Å². The fourth-order valence-electron chi connectivity index (χ4n) is 4.13. The van der Waals surface area contributed by atoms with Crippen molar-refractivity contribution in [3.8, 4) is 0 Å². The average Bonchev–Trinajstić information content (AvgIpc) is 3.13. The zero-order valence-electron chi connectivity index (χ0n) is 21.1. The summed E-state index contributed by atoms with van der Waals surface area (Å²) in [6, 6.07) is 1.13. The highest BCUT2D eigenvalue weighted by molar-refractivity contribution is 8.76. The molecule has 17 heteroatoms. The van der Waals surface area contributed by atoms with Crippen LogP contribution in [0.2, 0.25) is 0 Å². The van der Waals surface area contributed by atoms with Crippen LogP contribution in [0.3, 0.4) is 0 Å². The van der Waals surface area contributed by atoms with E-state index in [1.54, 1.807) is 28.7 Å². The Morgan fingerprint density at radius 1 is 1.13 bits per heavy atom. The summed E-state index contributed by atoms with van der Waals surface area (Å²) in [6.07, 6.45) is -2.91. The molecule has 14 nitrogen and oxygen atoms in total. The first-order valence-electron chi connectivity index (χ1n) is 12.0. The Labute approximate surface area is 226 Å². The Balaban J connectivity index is 1.30. The molecule has 3 aliphatic heterocycles. The second kappa shape index (κ2) is 13.7. The van der Waals surface area contributed by atoms with Crippen LogP contribution in [0.4, 0.5) is 0 Å². The van der Waals surface area contributed by atoms with E-state index in [-0.39, 0.29) is 12.7 Å². The van der Waals surface area contributed by atoms with Crippen LogP contribution in [0.5, 0.6) is 0 Å². The van der Waals surface area contributed by atoms with Gasteiger partial charge in [-0.2, -0.15) is 0 Å². The number of hydrogen-bond donors (Lipinski definition) is 2. The molecule has 4 rings (SSSR count). The minimum absolute atomic E-state index is 0.187. The molecule has 0 amide bonds. The molecule has 1 aromatic heterocycles. The number of aromatic nitrogens is 2. The van der Waals surface area contributed by atoms with E-state index in [1.165, 1.54) is 13.1 Å². The van der Waals surface area contributed by atoms with Crippen molar-refractivity contribution in [2.45, 2.75) is 43.2 Å². The number of methoxy groups -OCH3 is 1. The Kier molecular flexibility index (Phi) is 10.9. The lowest BCUT2D eigenvalue weighted by Gasteiger charge is -2.38. The van der Waals surface area contributed by atoms with Crippen molar-refractivity contribution in [1.82, 2.24) is 9.55 Å². The molecule has 0 bridgehead atoms. The Morgan fingerprint density at radius 3 is 2.53 bits per heavy atom. The molecule has 0 radical (unpaired) electrons. The summed E-state index contributed by atoms with van der Waals surface area (Å²) in [5.74, 6) is 1.08. The first-order chi connectivity index (χ1) is 18.2. The van der Waals surface area contributed by atoms with E-state index < -0.39 is 49.2 Å². The van der Waals surface area contributed by atoms with Crippen molar-refractivity contribution in [2.24, 2.45) is 0 Å². The second-order valence-corrected chi connectivity index (χ2v) is 13.0. The summed E-state index contributed by atoms with van der Waals surface area (Å²) in [4.78, 5) is 25.8. The molecule has 0 aromatic carbocycles. The topological polar surface area (TPSA) is 166 Å². The zero-order chi connectivity index (χ0) is 27.2. The summed E-state index contributed by atoms with van der Waals surface area (Å²) < 4.78 is 59.0. The molecule has 3 aliphatic rings. The molecule has 0 saturated carbocycles. The number of aromatic amines is 1. The molecule has 2 N–H and O–H groups in total. The molecule has 216 valence electrons. The molecule has 3 unspecified atom stereocenters. The highest BCUT2D eigenvalue weighted by Crippen LogP contribution is 2.60. The van der Waals surface area contributed by atoms with E-state index in [0.717, 1.165) is 10.6 Å². The number of rotatable bonds is 13. The van der Waals surface area contributed by atoms with Gasteiger partial charge in [-0.15, -0.1) is 0 Å². The normalized spacial score (nSPS) is 35.3. The van der Waals surface area contributed by atoms with E-state index in [9.17, 15) is 19.3 Å². The standard InChI is InChI=1S/C21H33N2O12PS2/c1-21(26)18-14(33-19(21)23-4-3-17(24)22-20(23)25)11-32-36(27,35-18)34-16-13-38-37-12-15(16)31-10-9-30-8-7-29-6-5-28-2/h3-4,14-16,18-19,26H,5-13H2,1-2H3,(H,22,24,25)/t14?,15-,16?,18+,19+,21+,36?/m0/s1. The molecule has 0 spiro atoms. The summed E-state index contributed by atoms with van der Waals surface area (Å²) >= 11 is 0. The maximum Gasteiger partial charge on any atom is 0.475 e. The minimum atomic E-state index is -4.12. The smallest absolute Gasteiger partial charge is 0.383 e. The maximum absolute atomic E-state index is 13.5. The number of aliphatic hydroxyl groups is 1. The van der Waals surface area contributed by atoms with Gasteiger partial charge < -0.3 is 28.8 Å².